The second-order valence-corrected chi connectivity index (χ2v) is 4.20. The molecule has 2 rings (SSSR count). The lowest BCUT2D eigenvalue weighted by atomic mass is 9.88. The Bertz CT molecular complexity index is 412. The van der Waals surface area contributed by atoms with E-state index in [9.17, 15) is 5.26 Å². The summed E-state index contributed by atoms with van der Waals surface area (Å²) in [6.45, 7) is 4.01. The minimum Gasteiger partial charge on any atom is -0.345 e. The normalized spacial score (nSPS) is 32.3. The molecule has 0 bridgehead atoms. The first-order chi connectivity index (χ1) is 8.26. The van der Waals surface area contributed by atoms with Gasteiger partial charge in [-0.25, -0.2) is 0 Å². The largest absolute Gasteiger partial charge is 0.345 e. The van der Waals surface area contributed by atoms with E-state index >= 15 is 0 Å². The SMILES string of the molecule is CCC1OC(CC)C(C#N)(c2ccccc2)O1. The molecule has 0 N–H and O–H groups in total. The van der Waals surface area contributed by atoms with E-state index in [2.05, 4.69) is 6.07 Å². The molecule has 3 nitrogen and oxygen atoms in total. The van der Waals surface area contributed by atoms with E-state index in [1.165, 1.54) is 0 Å². The first-order valence-electron chi connectivity index (χ1n) is 6.06. The number of rotatable bonds is 3. The molecule has 0 aliphatic carbocycles. The highest BCUT2D eigenvalue weighted by Crippen LogP contribution is 2.40. The van der Waals surface area contributed by atoms with Crippen LogP contribution in [-0.2, 0) is 15.1 Å². The van der Waals surface area contributed by atoms with Crippen LogP contribution in [0.3, 0.4) is 0 Å². The van der Waals surface area contributed by atoms with Crippen LogP contribution >= 0.6 is 0 Å². The lowest BCUT2D eigenvalue weighted by Crippen LogP contribution is -2.35. The molecule has 3 unspecified atom stereocenters. The van der Waals surface area contributed by atoms with Crippen LogP contribution in [0.15, 0.2) is 30.3 Å². The average Bonchev–Trinajstić information content (AvgIpc) is 2.79. The third-order valence-electron chi connectivity index (χ3n) is 3.16. The van der Waals surface area contributed by atoms with Gasteiger partial charge in [0, 0.05) is 5.56 Å². The standard InChI is InChI=1S/C14H17NO2/c1-3-12-14(10-15,17-13(4-2)16-12)11-8-6-5-7-9-11/h5-9,12-13H,3-4H2,1-2H3. The lowest BCUT2D eigenvalue weighted by molar-refractivity contribution is -0.0792. The molecule has 1 aliphatic heterocycles. The quantitative estimate of drug-likeness (QED) is 0.803. The Morgan fingerprint density at radius 3 is 2.47 bits per heavy atom. The zero-order valence-electron chi connectivity index (χ0n) is 10.2. The maximum Gasteiger partial charge on any atom is 0.208 e. The topological polar surface area (TPSA) is 42.2 Å². The maximum atomic E-state index is 9.53. The highest BCUT2D eigenvalue weighted by atomic mass is 16.7. The van der Waals surface area contributed by atoms with Gasteiger partial charge >= 0.3 is 0 Å². The van der Waals surface area contributed by atoms with Crippen molar-refractivity contribution in [3.63, 3.8) is 0 Å². The van der Waals surface area contributed by atoms with Crippen LogP contribution in [0.1, 0.15) is 32.3 Å². The van der Waals surface area contributed by atoms with Gasteiger partial charge in [0.05, 0.1) is 0 Å². The van der Waals surface area contributed by atoms with E-state index in [1.54, 1.807) is 0 Å². The average molecular weight is 231 g/mol. The molecule has 3 atom stereocenters. The van der Waals surface area contributed by atoms with Gasteiger partial charge in [0.15, 0.2) is 6.29 Å². The number of hydrogen-bond acceptors (Lipinski definition) is 3. The van der Waals surface area contributed by atoms with Crippen molar-refractivity contribution in [1.29, 1.82) is 5.26 Å². The van der Waals surface area contributed by atoms with Crippen molar-refractivity contribution < 1.29 is 9.47 Å². The molecule has 90 valence electrons. The summed E-state index contributed by atoms with van der Waals surface area (Å²) in [6.07, 6.45) is 1.05. The van der Waals surface area contributed by atoms with Crippen molar-refractivity contribution in [3.8, 4) is 6.07 Å². The maximum absolute atomic E-state index is 9.53. The molecule has 1 aliphatic rings. The Hall–Kier alpha value is -1.37. The van der Waals surface area contributed by atoms with E-state index < -0.39 is 5.60 Å². The second kappa shape index (κ2) is 4.87. The molecule has 0 spiro atoms. The third-order valence-corrected chi connectivity index (χ3v) is 3.16. The molecule has 3 heteroatoms. The van der Waals surface area contributed by atoms with E-state index in [1.807, 2.05) is 44.2 Å². The molecule has 0 aromatic heterocycles. The number of nitrogens with zero attached hydrogens (tertiary/aromatic N) is 1. The van der Waals surface area contributed by atoms with Crippen molar-refractivity contribution in [3.05, 3.63) is 35.9 Å². The lowest BCUT2D eigenvalue weighted by Gasteiger charge is -2.25. The van der Waals surface area contributed by atoms with Gasteiger partial charge in [0.25, 0.3) is 0 Å². The highest BCUT2D eigenvalue weighted by Gasteiger charge is 2.50. The van der Waals surface area contributed by atoms with Crippen LogP contribution in [0.2, 0.25) is 0 Å². The van der Waals surface area contributed by atoms with Gasteiger partial charge in [-0.2, -0.15) is 5.26 Å². The summed E-state index contributed by atoms with van der Waals surface area (Å²) < 4.78 is 11.6. The van der Waals surface area contributed by atoms with Gasteiger partial charge in [-0.15, -0.1) is 0 Å². The fraction of sp³-hybridized carbons (Fsp3) is 0.500. The Morgan fingerprint density at radius 2 is 1.94 bits per heavy atom. The van der Waals surface area contributed by atoms with Crippen LogP contribution in [0, 0.1) is 11.3 Å². The first kappa shape index (κ1) is 12.1. The summed E-state index contributed by atoms with van der Waals surface area (Å²) in [7, 11) is 0. The molecule has 0 radical (unpaired) electrons. The number of benzene rings is 1. The Morgan fingerprint density at radius 1 is 1.24 bits per heavy atom. The molecule has 1 aromatic rings. The molecule has 1 aromatic carbocycles. The van der Waals surface area contributed by atoms with E-state index in [0.717, 1.165) is 18.4 Å². The molecular weight excluding hydrogens is 214 g/mol. The molecule has 1 heterocycles. The summed E-state index contributed by atoms with van der Waals surface area (Å²) in [6, 6.07) is 11.9. The van der Waals surface area contributed by atoms with Gasteiger partial charge in [0.2, 0.25) is 5.60 Å². The van der Waals surface area contributed by atoms with Crippen molar-refractivity contribution >= 4 is 0 Å². The Balaban J connectivity index is 2.40. The summed E-state index contributed by atoms with van der Waals surface area (Å²) in [5.74, 6) is 0. The summed E-state index contributed by atoms with van der Waals surface area (Å²) >= 11 is 0. The summed E-state index contributed by atoms with van der Waals surface area (Å²) in [5.41, 5.74) is -0.0678. The van der Waals surface area contributed by atoms with Gasteiger partial charge in [-0.3, -0.25) is 0 Å². The summed E-state index contributed by atoms with van der Waals surface area (Å²) in [4.78, 5) is 0. The molecular formula is C14H17NO2. The van der Waals surface area contributed by atoms with Gasteiger partial charge in [0.1, 0.15) is 12.2 Å². The minimum atomic E-state index is -0.948. The molecule has 0 saturated carbocycles. The fourth-order valence-electron chi connectivity index (χ4n) is 2.26. The summed E-state index contributed by atoms with van der Waals surface area (Å²) in [5, 5.41) is 9.53. The Labute approximate surface area is 102 Å². The van der Waals surface area contributed by atoms with Crippen molar-refractivity contribution in [2.75, 3.05) is 0 Å². The van der Waals surface area contributed by atoms with Crippen LogP contribution in [-0.4, -0.2) is 12.4 Å². The molecule has 17 heavy (non-hydrogen) atoms. The fourth-order valence-corrected chi connectivity index (χ4v) is 2.26. The van der Waals surface area contributed by atoms with Crippen LogP contribution in [0.25, 0.3) is 0 Å². The third kappa shape index (κ3) is 1.95. The van der Waals surface area contributed by atoms with Gasteiger partial charge in [-0.1, -0.05) is 44.2 Å². The predicted octanol–water partition coefficient (Wildman–Crippen LogP) is 2.97. The van der Waals surface area contributed by atoms with Gasteiger partial charge < -0.3 is 9.47 Å². The Kier molecular flexibility index (Phi) is 3.46. The smallest absolute Gasteiger partial charge is 0.208 e. The van der Waals surface area contributed by atoms with E-state index in [-0.39, 0.29) is 12.4 Å². The monoisotopic (exact) mass is 231 g/mol. The van der Waals surface area contributed by atoms with E-state index in [0.29, 0.717) is 0 Å². The first-order valence-corrected chi connectivity index (χ1v) is 6.06. The van der Waals surface area contributed by atoms with Gasteiger partial charge in [-0.05, 0) is 12.8 Å². The van der Waals surface area contributed by atoms with Crippen molar-refractivity contribution in [2.45, 2.75) is 44.7 Å². The van der Waals surface area contributed by atoms with Crippen LogP contribution in [0.4, 0.5) is 0 Å². The van der Waals surface area contributed by atoms with Crippen molar-refractivity contribution in [1.82, 2.24) is 0 Å². The number of hydrogen-bond donors (Lipinski definition) is 0. The zero-order valence-corrected chi connectivity index (χ0v) is 10.2. The minimum absolute atomic E-state index is 0.195. The van der Waals surface area contributed by atoms with Crippen molar-refractivity contribution in [2.24, 2.45) is 0 Å². The highest BCUT2D eigenvalue weighted by molar-refractivity contribution is 5.32. The van der Waals surface area contributed by atoms with Crippen LogP contribution in [0.5, 0.6) is 0 Å². The number of ether oxygens (including phenoxy) is 2. The second-order valence-electron chi connectivity index (χ2n) is 4.20. The number of nitriles is 1. The zero-order chi connectivity index (χ0) is 12.3. The molecule has 1 saturated heterocycles. The predicted molar refractivity (Wildman–Crippen MR) is 64.1 cm³/mol. The molecule has 0 amide bonds. The molecule has 1 fully saturated rings. The van der Waals surface area contributed by atoms with Crippen LogP contribution < -0.4 is 0 Å². The van der Waals surface area contributed by atoms with E-state index in [4.69, 9.17) is 9.47 Å².